The summed E-state index contributed by atoms with van der Waals surface area (Å²) in [5, 5.41) is 3.15. The number of aromatic nitrogens is 1. The van der Waals surface area contributed by atoms with E-state index >= 15 is 0 Å². The van der Waals surface area contributed by atoms with E-state index in [0.717, 1.165) is 18.7 Å². The number of nitrogens with one attached hydrogen (secondary N) is 3. The quantitative estimate of drug-likeness (QED) is 0.694. The summed E-state index contributed by atoms with van der Waals surface area (Å²) >= 11 is 0. The molecule has 3 N–H and O–H groups in total. The molecule has 1 fully saturated rings. The van der Waals surface area contributed by atoms with Crippen LogP contribution in [0.15, 0.2) is 17.2 Å². The molecule has 1 aromatic heterocycles. The van der Waals surface area contributed by atoms with Gasteiger partial charge >= 0.3 is 0 Å². The highest BCUT2D eigenvalue weighted by molar-refractivity contribution is 7.89. The van der Waals surface area contributed by atoms with Crippen molar-refractivity contribution in [3.63, 3.8) is 0 Å². The topological polar surface area (TPSA) is 74.0 Å². The first-order chi connectivity index (χ1) is 8.53. The highest BCUT2D eigenvalue weighted by atomic mass is 32.2. The smallest absolute Gasteiger partial charge is 0.242 e. The van der Waals surface area contributed by atoms with E-state index in [1.54, 1.807) is 12.3 Å². The van der Waals surface area contributed by atoms with Crippen LogP contribution in [-0.4, -0.2) is 26.5 Å². The van der Waals surface area contributed by atoms with Crippen molar-refractivity contribution in [2.24, 2.45) is 11.8 Å². The fourth-order valence-electron chi connectivity index (χ4n) is 1.92. The van der Waals surface area contributed by atoms with Gasteiger partial charge in [0, 0.05) is 25.0 Å². The van der Waals surface area contributed by atoms with Crippen LogP contribution in [0.2, 0.25) is 0 Å². The molecule has 2 rings (SSSR count). The zero-order valence-corrected chi connectivity index (χ0v) is 11.7. The summed E-state index contributed by atoms with van der Waals surface area (Å²) in [7, 11) is -3.35. The average molecular weight is 271 g/mol. The van der Waals surface area contributed by atoms with Gasteiger partial charge in [-0.3, -0.25) is 0 Å². The van der Waals surface area contributed by atoms with Gasteiger partial charge in [0.15, 0.2) is 0 Å². The monoisotopic (exact) mass is 271 g/mol. The van der Waals surface area contributed by atoms with Crippen LogP contribution in [0.4, 0.5) is 0 Å². The Bertz CT molecular complexity index is 495. The van der Waals surface area contributed by atoms with Gasteiger partial charge in [0.25, 0.3) is 0 Å². The van der Waals surface area contributed by atoms with E-state index in [9.17, 15) is 8.42 Å². The number of hydrogen-bond acceptors (Lipinski definition) is 3. The van der Waals surface area contributed by atoms with Gasteiger partial charge in [-0.05, 0) is 30.9 Å². The van der Waals surface area contributed by atoms with Crippen molar-refractivity contribution in [1.82, 2.24) is 15.0 Å². The van der Waals surface area contributed by atoms with E-state index in [1.807, 2.05) is 6.92 Å². The molecule has 0 radical (unpaired) electrons. The maximum atomic E-state index is 12.0. The van der Waals surface area contributed by atoms with Crippen LogP contribution in [0.5, 0.6) is 0 Å². The molecule has 6 heteroatoms. The van der Waals surface area contributed by atoms with E-state index in [-0.39, 0.29) is 0 Å². The number of rotatable bonds is 7. The van der Waals surface area contributed by atoms with Crippen molar-refractivity contribution in [3.8, 4) is 0 Å². The number of aromatic amines is 1. The summed E-state index contributed by atoms with van der Waals surface area (Å²) in [5.41, 5.74) is 0.886. The van der Waals surface area contributed by atoms with Gasteiger partial charge < -0.3 is 10.3 Å². The summed E-state index contributed by atoms with van der Waals surface area (Å²) in [4.78, 5) is 3.30. The number of sulfonamides is 1. The van der Waals surface area contributed by atoms with Gasteiger partial charge in [-0.2, -0.15) is 0 Å². The number of H-pyrrole nitrogens is 1. The molecule has 1 aliphatic carbocycles. The first-order valence-corrected chi connectivity index (χ1v) is 7.89. The molecule has 1 saturated carbocycles. The van der Waals surface area contributed by atoms with Gasteiger partial charge in [-0.1, -0.05) is 13.8 Å². The molecule has 1 heterocycles. The zero-order valence-electron chi connectivity index (χ0n) is 10.9. The minimum absolute atomic E-state index is 0.323. The fourth-order valence-corrected chi connectivity index (χ4v) is 3.03. The van der Waals surface area contributed by atoms with E-state index in [4.69, 9.17) is 0 Å². The number of hydrogen-bond donors (Lipinski definition) is 3. The lowest BCUT2D eigenvalue weighted by Crippen LogP contribution is -2.25. The highest BCUT2D eigenvalue weighted by Gasteiger charge is 2.33. The molecule has 0 spiro atoms. The molecule has 0 bridgehead atoms. The second-order valence-corrected chi connectivity index (χ2v) is 6.73. The molecule has 0 aliphatic heterocycles. The molecule has 1 aromatic rings. The van der Waals surface area contributed by atoms with Crippen molar-refractivity contribution in [1.29, 1.82) is 0 Å². The Morgan fingerprint density at radius 3 is 2.83 bits per heavy atom. The van der Waals surface area contributed by atoms with Crippen LogP contribution in [0, 0.1) is 11.8 Å². The Morgan fingerprint density at radius 1 is 1.50 bits per heavy atom. The van der Waals surface area contributed by atoms with Gasteiger partial charge in [0.05, 0.1) is 4.90 Å². The van der Waals surface area contributed by atoms with Crippen molar-refractivity contribution in [2.45, 2.75) is 31.7 Å². The molecule has 2 unspecified atom stereocenters. The standard InChI is InChI=1S/C12H21N3O2S/c1-3-13-7-11-5-12(8-14-11)18(16,17)15-6-10-4-9(10)2/h5,8-10,13-15H,3-4,6-7H2,1-2H3. The predicted molar refractivity (Wildman–Crippen MR) is 70.6 cm³/mol. The summed E-state index contributed by atoms with van der Waals surface area (Å²) < 4.78 is 26.7. The van der Waals surface area contributed by atoms with Crippen LogP contribution in [-0.2, 0) is 16.6 Å². The normalized spacial score (nSPS) is 23.2. The largest absolute Gasteiger partial charge is 0.363 e. The molecule has 2 atom stereocenters. The fraction of sp³-hybridized carbons (Fsp3) is 0.667. The third-order valence-corrected chi connectivity index (χ3v) is 4.81. The first kappa shape index (κ1) is 13.6. The van der Waals surface area contributed by atoms with Gasteiger partial charge in [0.2, 0.25) is 10.0 Å². The minimum atomic E-state index is -3.35. The molecule has 5 nitrogen and oxygen atoms in total. The lowest BCUT2D eigenvalue weighted by atomic mass is 10.3. The Kier molecular flexibility index (Phi) is 4.09. The minimum Gasteiger partial charge on any atom is -0.363 e. The molecule has 18 heavy (non-hydrogen) atoms. The van der Waals surface area contributed by atoms with E-state index in [0.29, 0.717) is 29.8 Å². The maximum Gasteiger partial charge on any atom is 0.242 e. The second-order valence-electron chi connectivity index (χ2n) is 4.97. The molecule has 0 saturated heterocycles. The maximum absolute atomic E-state index is 12.0. The van der Waals surface area contributed by atoms with Crippen LogP contribution in [0.25, 0.3) is 0 Å². The summed E-state index contributed by atoms with van der Waals surface area (Å²) in [6.07, 6.45) is 2.67. The van der Waals surface area contributed by atoms with Crippen molar-refractivity contribution in [2.75, 3.05) is 13.1 Å². The Balaban J connectivity index is 1.93. The molecule has 0 amide bonds. The van der Waals surface area contributed by atoms with Crippen LogP contribution >= 0.6 is 0 Å². The molecular formula is C12H21N3O2S. The van der Waals surface area contributed by atoms with Gasteiger partial charge in [-0.25, -0.2) is 13.1 Å². The summed E-state index contributed by atoms with van der Waals surface area (Å²) in [5.74, 6) is 1.17. The van der Waals surface area contributed by atoms with E-state index < -0.39 is 10.0 Å². The summed E-state index contributed by atoms with van der Waals surface area (Å²) in [6.45, 7) is 6.23. The van der Waals surface area contributed by atoms with Gasteiger partial charge in [0.1, 0.15) is 0 Å². The van der Waals surface area contributed by atoms with E-state index in [1.165, 1.54) is 0 Å². The Hall–Kier alpha value is -0.850. The van der Waals surface area contributed by atoms with Crippen LogP contribution < -0.4 is 10.0 Å². The second kappa shape index (κ2) is 5.42. The van der Waals surface area contributed by atoms with Crippen molar-refractivity contribution in [3.05, 3.63) is 18.0 Å². The molecular weight excluding hydrogens is 250 g/mol. The Labute approximate surface area is 108 Å². The van der Waals surface area contributed by atoms with Crippen molar-refractivity contribution < 1.29 is 8.42 Å². The van der Waals surface area contributed by atoms with E-state index in [2.05, 4.69) is 21.9 Å². The average Bonchev–Trinajstić information content (AvgIpc) is 2.84. The van der Waals surface area contributed by atoms with Crippen LogP contribution in [0.3, 0.4) is 0 Å². The molecule has 102 valence electrons. The van der Waals surface area contributed by atoms with Gasteiger partial charge in [-0.15, -0.1) is 0 Å². The lowest BCUT2D eigenvalue weighted by molar-refractivity contribution is 0.574. The third kappa shape index (κ3) is 3.34. The predicted octanol–water partition coefficient (Wildman–Crippen LogP) is 1.06. The van der Waals surface area contributed by atoms with Crippen LogP contribution in [0.1, 0.15) is 26.0 Å². The first-order valence-electron chi connectivity index (χ1n) is 6.40. The van der Waals surface area contributed by atoms with Crippen molar-refractivity contribution >= 4 is 10.0 Å². The zero-order chi connectivity index (χ0) is 13.2. The molecule has 1 aliphatic rings. The summed E-state index contributed by atoms with van der Waals surface area (Å²) in [6, 6.07) is 1.68. The third-order valence-electron chi connectivity index (χ3n) is 3.40. The lowest BCUT2D eigenvalue weighted by Gasteiger charge is -2.03. The SMILES string of the molecule is CCNCc1cc(S(=O)(=O)NCC2CC2C)c[nH]1. The highest BCUT2D eigenvalue weighted by Crippen LogP contribution is 2.37. The molecule has 0 aromatic carbocycles. The Morgan fingerprint density at radius 2 is 2.22 bits per heavy atom.